The summed E-state index contributed by atoms with van der Waals surface area (Å²) in [4.78, 5) is 0. The topological polar surface area (TPSA) is 46.5 Å². The van der Waals surface area contributed by atoms with Gasteiger partial charge in [0.05, 0.1) is 6.10 Å². The molecule has 0 aromatic carbocycles. The van der Waals surface area contributed by atoms with Gasteiger partial charge >= 0.3 is 11.4 Å². The number of unbranched alkanes of at least 4 members (excludes halogenated alkanes) is 7. The molecule has 0 rings (SSSR count). The van der Waals surface area contributed by atoms with Crippen molar-refractivity contribution in [3.8, 4) is 12.3 Å². The summed E-state index contributed by atoms with van der Waals surface area (Å²) < 4.78 is 23.6. The van der Waals surface area contributed by atoms with Crippen molar-refractivity contribution in [3.05, 3.63) is 0 Å². The minimum Gasteiger partial charge on any atom is -0.284 e. The van der Waals surface area contributed by atoms with Gasteiger partial charge in [0, 0.05) is 6.42 Å². The van der Waals surface area contributed by atoms with Crippen molar-refractivity contribution >= 4 is 11.4 Å². The number of hydrogen-bond acceptors (Lipinski definition) is 2. The fourth-order valence-electron chi connectivity index (χ4n) is 1.73. The maximum Gasteiger partial charge on any atom is 0.302 e. The lowest BCUT2D eigenvalue weighted by atomic mass is 10.1. The zero-order valence-corrected chi connectivity index (χ0v) is 11.5. The van der Waals surface area contributed by atoms with E-state index in [1.807, 2.05) is 6.92 Å². The molecule has 17 heavy (non-hydrogen) atoms. The molecule has 0 aliphatic carbocycles. The molecular weight excluding hydrogens is 236 g/mol. The van der Waals surface area contributed by atoms with Gasteiger partial charge in [0.2, 0.25) is 0 Å². The van der Waals surface area contributed by atoms with Crippen molar-refractivity contribution in [2.24, 2.45) is 0 Å². The van der Waals surface area contributed by atoms with Crippen LogP contribution in [0.5, 0.6) is 0 Å². The molecule has 0 aromatic heterocycles. The van der Waals surface area contributed by atoms with E-state index < -0.39 is 11.4 Å². The van der Waals surface area contributed by atoms with E-state index in [0.29, 0.717) is 0 Å². The van der Waals surface area contributed by atoms with Gasteiger partial charge < -0.3 is 0 Å². The predicted octanol–water partition coefficient (Wildman–Crippen LogP) is 3.67. The van der Waals surface area contributed by atoms with Crippen molar-refractivity contribution in [2.75, 3.05) is 0 Å². The Hall–Kier alpha value is -0.370. The SMILES string of the molecule is C#CCCCCCCCCCC(C)OS(=O)O. The molecule has 0 saturated carbocycles. The standard InChI is InChI=1S/C13H24O3S/c1-3-4-5-6-7-8-9-10-11-12-13(2)16-17(14)15/h1,13H,4-12H2,2H3,(H,14,15). The lowest BCUT2D eigenvalue weighted by Gasteiger charge is -2.08. The van der Waals surface area contributed by atoms with Gasteiger partial charge in [-0.1, -0.05) is 38.5 Å². The fraction of sp³-hybridized carbons (Fsp3) is 0.846. The Morgan fingerprint density at radius 3 is 2.24 bits per heavy atom. The van der Waals surface area contributed by atoms with Crippen molar-refractivity contribution in [1.82, 2.24) is 0 Å². The summed E-state index contributed by atoms with van der Waals surface area (Å²) in [5.74, 6) is 2.65. The van der Waals surface area contributed by atoms with Crippen molar-refractivity contribution < 1.29 is 12.9 Å². The fourth-order valence-corrected chi connectivity index (χ4v) is 2.11. The van der Waals surface area contributed by atoms with Crippen molar-refractivity contribution in [1.29, 1.82) is 0 Å². The van der Waals surface area contributed by atoms with Gasteiger partial charge in [0.15, 0.2) is 0 Å². The van der Waals surface area contributed by atoms with E-state index in [0.717, 1.165) is 25.7 Å². The summed E-state index contributed by atoms with van der Waals surface area (Å²) in [5.41, 5.74) is 0. The largest absolute Gasteiger partial charge is 0.302 e. The monoisotopic (exact) mass is 260 g/mol. The Labute approximate surface area is 108 Å². The number of hydrogen-bond donors (Lipinski definition) is 1. The second kappa shape index (κ2) is 12.1. The number of rotatable bonds is 11. The zero-order chi connectivity index (χ0) is 12.9. The van der Waals surface area contributed by atoms with Crippen LogP contribution in [0, 0.1) is 12.3 Å². The van der Waals surface area contributed by atoms with Crippen LogP contribution < -0.4 is 0 Å². The minimum atomic E-state index is -2.13. The lowest BCUT2D eigenvalue weighted by molar-refractivity contribution is 0.208. The lowest BCUT2D eigenvalue weighted by Crippen LogP contribution is -2.09. The Morgan fingerprint density at radius 2 is 1.71 bits per heavy atom. The molecule has 0 bridgehead atoms. The van der Waals surface area contributed by atoms with Crippen LogP contribution in [-0.2, 0) is 15.5 Å². The molecule has 1 N–H and O–H groups in total. The van der Waals surface area contributed by atoms with Crippen LogP contribution in [0.15, 0.2) is 0 Å². The van der Waals surface area contributed by atoms with E-state index in [4.69, 9.17) is 15.2 Å². The molecule has 0 saturated heterocycles. The smallest absolute Gasteiger partial charge is 0.284 e. The van der Waals surface area contributed by atoms with E-state index in [1.54, 1.807) is 0 Å². The van der Waals surface area contributed by atoms with Crippen LogP contribution in [-0.4, -0.2) is 14.9 Å². The van der Waals surface area contributed by atoms with Crippen LogP contribution in [0.1, 0.15) is 64.7 Å². The molecule has 100 valence electrons. The molecule has 0 fully saturated rings. The summed E-state index contributed by atoms with van der Waals surface area (Å²) in [5, 5.41) is 0. The van der Waals surface area contributed by atoms with Gasteiger partial charge in [-0.2, -0.15) is 4.21 Å². The second-order valence-corrected chi connectivity index (χ2v) is 4.97. The highest BCUT2D eigenvalue weighted by molar-refractivity contribution is 7.74. The Morgan fingerprint density at radius 1 is 1.18 bits per heavy atom. The van der Waals surface area contributed by atoms with Gasteiger partial charge in [-0.3, -0.25) is 8.74 Å². The third-order valence-electron chi connectivity index (χ3n) is 2.68. The molecule has 0 heterocycles. The van der Waals surface area contributed by atoms with E-state index in [9.17, 15) is 4.21 Å². The van der Waals surface area contributed by atoms with Crippen LogP contribution >= 0.6 is 0 Å². The minimum absolute atomic E-state index is 0.128. The first kappa shape index (κ1) is 16.6. The summed E-state index contributed by atoms with van der Waals surface area (Å²) >= 11 is -2.13. The molecule has 4 heteroatoms. The van der Waals surface area contributed by atoms with Crippen LogP contribution in [0.3, 0.4) is 0 Å². The molecule has 0 radical (unpaired) electrons. The summed E-state index contributed by atoms with van der Waals surface area (Å²) in [6.07, 6.45) is 15.1. The predicted molar refractivity (Wildman–Crippen MR) is 71.7 cm³/mol. The number of terminal acetylenes is 1. The average Bonchev–Trinajstić information content (AvgIpc) is 2.26. The molecule has 0 aliphatic heterocycles. The Bertz CT molecular complexity index is 235. The van der Waals surface area contributed by atoms with Gasteiger partial charge in [-0.15, -0.1) is 12.3 Å². The molecule has 0 aromatic rings. The highest BCUT2D eigenvalue weighted by Gasteiger charge is 2.05. The van der Waals surface area contributed by atoms with Gasteiger partial charge in [-0.25, -0.2) is 0 Å². The van der Waals surface area contributed by atoms with Gasteiger partial charge in [0.25, 0.3) is 0 Å². The molecule has 0 spiro atoms. The van der Waals surface area contributed by atoms with E-state index in [-0.39, 0.29) is 6.10 Å². The first-order valence-electron chi connectivity index (χ1n) is 6.38. The first-order valence-corrected chi connectivity index (χ1v) is 7.41. The average molecular weight is 260 g/mol. The van der Waals surface area contributed by atoms with Gasteiger partial charge in [0.1, 0.15) is 0 Å². The van der Waals surface area contributed by atoms with Crippen molar-refractivity contribution in [3.63, 3.8) is 0 Å². The molecule has 2 unspecified atom stereocenters. The highest BCUT2D eigenvalue weighted by atomic mass is 32.2. The van der Waals surface area contributed by atoms with Crippen molar-refractivity contribution in [2.45, 2.75) is 70.8 Å². The first-order chi connectivity index (χ1) is 8.16. The summed E-state index contributed by atoms with van der Waals surface area (Å²) in [6, 6.07) is 0. The molecule has 0 amide bonds. The molecule has 2 atom stereocenters. The van der Waals surface area contributed by atoms with Crippen LogP contribution in [0.4, 0.5) is 0 Å². The zero-order valence-electron chi connectivity index (χ0n) is 10.7. The maximum atomic E-state index is 10.3. The highest BCUT2D eigenvalue weighted by Crippen LogP contribution is 2.11. The van der Waals surface area contributed by atoms with E-state index in [2.05, 4.69) is 5.92 Å². The Kier molecular flexibility index (Phi) is 11.8. The van der Waals surface area contributed by atoms with E-state index >= 15 is 0 Å². The second-order valence-electron chi connectivity index (χ2n) is 4.34. The van der Waals surface area contributed by atoms with Crippen LogP contribution in [0.25, 0.3) is 0 Å². The summed E-state index contributed by atoms with van der Waals surface area (Å²) in [7, 11) is 0. The third-order valence-corrected chi connectivity index (χ3v) is 3.17. The third kappa shape index (κ3) is 13.6. The summed E-state index contributed by atoms with van der Waals surface area (Å²) in [6.45, 7) is 1.83. The Balaban J connectivity index is 3.13. The molecule has 3 nitrogen and oxygen atoms in total. The maximum absolute atomic E-state index is 10.3. The van der Waals surface area contributed by atoms with Gasteiger partial charge in [-0.05, 0) is 19.8 Å². The molecular formula is C13H24O3S. The van der Waals surface area contributed by atoms with Crippen LogP contribution in [0.2, 0.25) is 0 Å². The normalized spacial score (nSPS) is 14.2. The molecule has 0 aliphatic rings. The van der Waals surface area contributed by atoms with E-state index in [1.165, 1.54) is 32.1 Å². The quantitative estimate of drug-likeness (QED) is 0.350.